The summed E-state index contributed by atoms with van der Waals surface area (Å²) < 4.78 is 0. The number of nitrogens with one attached hydrogen (secondary N) is 3. The van der Waals surface area contributed by atoms with Crippen LogP contribution in [0.3, 0.4) is 0 Å². The molecule has 1 amide bonds. The van der Waals surface area contributed by atoms with Gasteiger partial charge < -0.3 is 15.2 Å². The van der Waals surface area contributed by atoms with Gasteiger partial charge >= 0.3 is 0 Å². The number of aromatic amines is 1. The first-order valence-corrected chi connectivity index (χ1v) is 14.4. The minimum Gasteiger partial charge on any atom is -0.357 e. The third-order valence-electron chi connectivity index (χ3n) is 8.77. The number of para-hydroxylation sites is 2. The van der Waals surface area contributed by atoms with Crippen LogP contribution in [-0.2, 0) is 30.7 Å². The number of pyridine rings is 1. The molecule has 4 heterocycles. The van der Waals surface area contributed by atoms with Crippen molar-refractivity contribution >= 4 is 27.7 Å². The number of rotatable bonds is 6. The summed E-state index contributed by atoms with van der Waals surface area (Å²) in [6, 6.07) is 29.8. The molecular weight excluding hydrogens is 494 g/mol. The molecule has 6 nitrogen and oxygen atoms in total. The predicted molar refractivity (Wildman–Crippen MR) is 160 cm³/mol. The van der Waals surface area contributed by atoms with E-state index in [2.05, 4.69) is 104 Å². The number of nitrogens with zero attached hydrogens (tertiary/aromatic N) is 2. The van der Waals surface area contributed by atoms with E-state index >= 15 is 0 Å². The van der Waals surface area contributed by atoms with Gasteiger partial charge in [0.2, 0.25) is 5.91 Å². The van der Waals surface area contributed by atoms with Crippen molar-refractivity contribution in [2.75, 3.05) is 6.54 Å². The first-order chi connectivity index (χ1) is 19.7. The fourth-order valence-electron chi connectivity index (χ4n) is 6.69. The predicted octanol–water partition coefficient (Wildman–Crippen LogP) is 5.12. The average Bonchev–Trinajstić information content (AvgIpc) is 3.38. The van der Waals surface area contributed by atoms with E-state index in [-0.39, 0.29) is 18.0 Å². The van der Waals surface area contributed by atoms with E-state index in [1.54, 1.807) is 0 Å². The van der Waals surface area contributed by atoms with Crippen LogP contribution in [-0.4, -0.2) is 45.4 Å². The van der Waals surface area contributed by atoms with Crippen molar-refractivity contribution in [2.45, 2.75) is 56.9 Å². The number of benzene rings is 3. The second kappa shape index (κ2) is 10.9. The quantitative estimate of drug-likeness (QED) is 0.285. The molecule has 5 aromatic rings. The average molecular weight is 530 g/mol. The summed E-state index contributed by atoms with van der Waals surface area (Å²) in [5, 5.41) is 9.82. The normalized spacial score (nSPS) is 21.0. The SMILES string of the molecule is O=C(C1Cc2c([nH]c3ccccc23)CN1)N1CC[C@H](NCc2ccnc3ccccc23)C[C@H]1Cc1ccccc1. The molecule has 3 aromatic carbocycles. The summed E-state index contributed by atoms with van der Waals surface area (Å²) in [5.74, 6) is 0.232. The van der Waals surface area contributed by atoms with Gasteiger partial charge in [-0.2, -0.15) is 0 Å². The number of piperidine rings is 1. The molecule has 1 fully saturated rings. The summed E-state index contributed by atoms with van der Waals surface area (Å²) in [6.07, 6.45) is 5.38. The number of H-pyrrole nitrogens is 1. The lowest BCUT2D eigenvalue weighted by Crippen LogP contribution is -2.57. The molecule has 1 unspecified atom stereocenters. The maximum absolute atomic E-state index is 14.1. The molecule has 2 aliphatic rings. The van der Waals surface area contributed by atoms with E-state index in [9.17, 15) is 4.79 Å². The third-order valence-corrected chi connectivity index (χ3v) is 8.77. The third kappa shape index (κ3) is 4.89. The molecule has 6 heteroatoms. The number of fused-ring (bicyclic) bond motifs is 4. The molecule has 1 saturated heterocycles. The zero-order valence-corrected chi connectivity index (χ0v) is 22.6. The van der Waals surface area contributed by atoms with E-state index < -0.39 is 0 Å². The Kier molecular flexibility index (Phi) is 6.80. The molecular formula is C34H35N5O. The second-order valence-electron chi connectivity index (χ2n) is 11.2. The van der Waals surface area contributed by atoms with E-state index in [0.29, 0.717) is 12.6 Å². The van der Waals surface area contributed by atoms with Crippen LogP contribution in [0, 0.1) is 0 Å². The maximum Gasteiger partial charge on any atom is 0.240 e. The Morgan fingerprint density at radius 3 is 2.65 bits per heavy atom. The molecule has 202 valence electrons. The summed E-state index contributed by atoms with van der Waals surface area (Å²) in [5.41, 5.74) is 7.22. The van der Waals surface area contributed by atoms with Crippen LogP contribution >= 0.6 is 0 Å². The minimum absolute atomic E-state index is 0.154. The van der Waals surface area contributed by atoms with Gasteiger partial charge in [0.1, 0.15) is 0 Å². The van der Waals surface area contributed by atoms with E-state index in [1.807, 2.05) is 12.3 Å². The molecule has 3 N–H and O–H groups in total. The van der Waals surface area contributed by atoms with Gasteiger partial charge in [0.25, 0.3) is 0 Å². The summed E-state index contributed by atoms with van der Waals surface area (Å²) in [6.45, 7) is 2.26. The van der Waals surface area contributed by atoms with Gasteiger partial charge in [-0.1, -0.05) is 66.7 Å². The molecule has 0 aliphatic carbocycles. The number of carbonyl (C=O) groups is 1. The molecule has 3 atom stereocenters. The monoisotopic (exact) mass is 529 g/mol. The first-order valence-electron chi connectivity index (χ1n) is 14.4. The van der Waals surface area contributed by atoms with Gasteiger partial charge in [-0.05, 0) is 60.6 Å². The Hall–Kier alpha value is -4.00. The number of aromatic nitrogens is 2. The minimum atomic E-state index is -0.197. The molecule has 0 radical (unpaired) electrons. The van der Waals surface area contributed by atoms with Crippen LogP contribution in [0.4, 0.5) is 0 Å². The largest absolute Gasteiger partial charge is 0.357 e. The van der Waals surface area contributed by atoms with Crippen LogP contribution in [0.25, 0.3) is 21.8 Å². The van der Waals surface area contributed by atoms with E-state index in [0.717, 1.165) is 49.8 Å². The van der Waals surface area contributed by atoms with Crippen LogP contribution in [0.1, 0.15) is 35.2 Å². The van der Waals surface area contributed by atoms with Crippen molar-refractivity contribution < 1.29 is 4.79 Å². The van der Waals surface area contributed by atoms with Gasteiger partial charge in [-0.15, -0.1) is 0 Å². The van der Waals surface area contributed by atoms with Gasteiger partial charge in [0.15, 0.2) is 0 Å². The highest BCUT2D eigenvalue weighted by Gasteiger charge is 2.36. The smallest absolute Gasteiger partial charge is 0.240 e. The number of likely N-dealkylation sites (tertiary alicyclic amines) is 1. The molecule has 2 aliphatic heterocycles. The summed E-state index contributed by atoms with van der Waals surface area (Å²) in [7, 11) is 0. The van der Waals surface area contributed by atoms with Gasteiger partial charge in [0, 0.05) is 59.9 Å². The van der Waals surface area contributed by atoms with Crippen molar-refractivity contribution in [3.63, 3.8) is 0 Å². The molecule has 0 saturated carbocycles. The van der Waals surface area contributed by atoms with Crippen LogP contribution < -0.4 is 10.6 Å². The highest BCUT2D eigenvalue weighted by Crippen LogP contribution is 2.29. The Bertz CT molecular complexity index is 1640. The van der Waals surface area contributed by atoms with Crippen LogP contribution in [0.2, 0.25) is 0 Å². The van der Waals surface area contributed by atoms with E-state index in [1.165, 1.54) is 33.2 Å². The molecule has 7 rings (SSSR count). The second-order valence-corrected chi connectivity index (χ2v) is 11.2. The van der Waals surface area contributed by atoms with Crippen molar-refractivity contribution in [2.24, 2.45) is 0 Å². The number of hydrogen-bond acceptors (Lipinski definition) is 4. The Morgan fingerprint density at radius 2 is 1.75 bits per heavy atom. The van der Waals surface area contributed by atoms with Crippen molar-refractivity contribution in [1.82, 2.24) is 25.5 Å². The first kappa shape index (κ1) is 25.0. The topological polar surface area (TPSA) is 73.1 Å². The highest BCUT2D eigenvalue weighted by atomic mass is 16.2. The van der Waals surface area contributed by atoms with Gasteiger partial charge in [-0.25, -0.2) is 0 Å². The summed E-state index contributed by atoms with van der Waals surface area (Å²) >= 11 is 0. The van der Waals surface area contributed by atoms with Gasteiger partial charge in [0.05, 0.1) is 11.6 Å². The zero-order valence-electron chi connectivity index (χ0n) is 22.6. The number of amides is 1. The van der Waals surface area contributed by atoms with Crippen LogP contribution in [0.5, 0.6) is 0 Å². The molecule has 2 aromatic heterocycles. The fraction of sp³-hybridized carbons (Fsp3) is 0.294. The molecule has 40 heavy (non-hydrogen) atoms. The standard InChI is InChI=1S/C34H35N5O/c40-34(32-20-29-28-11-5-7-13-31(28)38-33(29)22-37-32)39-17-15-25(19-26(39)18-23-8-2-1-3-9-23)36-21-24-14-16-35-30-12-6-4-10-27(24)30/h1-14,16,25-26,32,36-38H,15,17-22H2/t25-,26+,32?/m0/s1. The van der Waals surface area contributed by atoms with Crippen molar-refractivity contribution in [1.29, 1.82) is 0 Å². The van der Waals surface area contributed by atoms with Crippen molar-refractivity contribution in [3.05, 3.63) is 114 Å². The van der Waals surface area contributed by atoms with Crippen LogP contribution in [0.15, 0.2) is 91.1 Å². The highest BCUT2D eigenvalue weighted by molar-refractivity contribution is 5.88. The zero-order chi connectivity index (χ0) is 26.9. The lowest BCUT2D eigenvalue weighted by atomic mass is 9.90. The Labute approximate surface area is 234 Å². The lowest BCUT2D eigenvalue weighted by molar-refractivity contribution is -0.137. The van der Waals surface area contributed by atoms with E-state index in [4.69, 9.17) is 0 Å². The fourth-order valence-corrected chi connectivity index (χ4v) is 6.69. The maximum atomic E-state index is 14.1. The molecule has 0 bridgehead atoms. The van der Waals surface area contributed by atoms with Crippen molar-refractivity contribution in [3.8, 4) is 0 Å². The number of carbonyl (C=O) groups excluding carboxylic acids is 1. The Morgan fingerprint density at radius 1 is 0.950 bits per heavy atom. The number of hydrogen-bond donors (Lipinski definition) is 3. The van der Waals surface area contributed by atoms with Gasteiger partial charge in [-0.3, -0.25) is 15.1 Å². The lowest BCUT2D eigenvalue weighted by Gasteiger charge is -2.42. The summed E-state index contributed by atoms with van der Waals surface area (Å²) in [4.78, 5) is 24.3. The Balaban J connectivity index is 1.09. The molecule has 0 spiro atoms.